The summed E-state index contributed by atoms with van der Waals surface area (Å²) in [5, 5.41) is 6.86. The summed E-state index contributed by atoms with van der Waals surface area (Å²) in [6, 6.07) is 11.5. The van der Waals surface area contributed by atoms with Gasteiger partial charge in [-0.1, -0.05) is 30.3 Å². The summed E-state index contributed by atoms with van der Waals surface area (Å²) in [5.41, 5.74) is 2.28. The van der Waals surface area contributed by atoms with E-state index in [4.69, 9.17) is 0 Å². The van der Waals surface area contributed by atoms with Gasteiger partial charge in [-0.05, 0) is 12.5 Å². The molecule has 1 aromatic carbocycles. The van der Waals surface area contributed by atoms with E-state index in [1.807, 2.05) is 36.5 Å². The molecule has 4 aromatic rings. The third-order valence-corrected chi connectivity index (χ3v) is 5.16. The number of hydrogen-bond donors (Lipinski definition) is 1. The summed E-state index contributed by atoms with van der Waals surface area (Å²) in [6.45, 7) is 1.41. The van der Waals surface area contributed by atoms with E-state index in [2.05, 4.69) is 20.4 Å². The molecule has 1 aliphatic rings. The summed E-state index contributed by atoms with van der Waals surface area (Å²) in [6.07, 6.45) is 6.08. The van der Waals surface area contributed by atoms with Crippen molar-refractivity contribution in [3.8, 4) is 11.3 Å². The van der Waals surface area contributed by atoms with Crippen molar-refractivity contribution < 1.29 is 9.59 Å². The smallest absolute Gasteiger partial charge is 0.275 e. The highest BCUT2D eigenvalue weighted by Crippen LogP contribution is 2.20. The van der Waals surface area contributed by atoms with Crippen LogP contribution < -0.4 is 5.32 Å². The van der Waals surface area contributed by atoms with Crippen LogP contribution in [0, 0.1) is 0 Å². The minimum Gasteiger partial charge on any atom is -0.338 e. The largest absolute Gasteiger partial charge is 0.338 e. The second-order valence-corrected chi connectivity index (χ2v) is 7.14. The fraction of sp³-hybridized carbons (Fsp3) is 0.190. The molecule has 2 amide bonds. The molecule has 1 saturated heterocycles. The second-order valence-electron chi connectivity index (χ2n) is 7.14. The Hall–Kier alpha value is -4.01. The first-order valence-electron chi connectivity index (χ1n) is 9.64. The molecule has 0 unspecified atom stereocenters. The van der Waals surface area contributed by atoms with Crippen LogP contribution in [0.5, 0.6) is 0 Å². The first-order valence-corrected chi connectivity index (χ1v) is 9.64. The Bertz CT molecular complexity index is 1260. The van der Waals surface area contributed by atoms with Crippen molar-refractivity contribution in [3.05, 3.63) is 66.2 Å². The lowest BCUT2D eigenvalue weighted by Crippen LogP contribution is -2.42. The molecule has 1 aliphatic heterocycles. The molecule has 0 saturated carbocycles. The molecule has 0 aliphatic carbocycles. The lowest BCUT2D eigenvalue weighted by atomic mass is 10.1. The SMILES string of the molecule is Cn1ncc(C(=O)N2CCC2)c1C(=O)Nc1ccn2cc(-c3ccccc3)nc2n1. The highest BCUT2D eigenvalue weighted by atomic mass is 16.2. The van der Waals surface area contributed by atoms with Gasteiger partial charge in [-0.25, -0.2) is 4.98 Å². The number of aromatic nitrogens is 5. The van der Waals surface area contributed by atoms with Crippen molar-refractivity contribution >= 4 is 23.4 Å². The van der Waals surface area contributed by atoms with Crippen molar-refractivity contribution in [1.29, 1.82) is 0 Å². The zero-order chi connectivity index (χ0) is 20.7. The third-order valence-electron chi connectivity index (χ3n) is 5.16. The number of likely N-dealkylation sites (tertiary alicyclic amines) is 1. The predicted octanol–water partition coefficient (Wildman–Crippen LogP) is 2.23. The van der Waals surface area contributed by atoms with Gasteiger partial charge in [0.25, 0.3) is 11.8 Å². The van der Waals surface area contributed by atoms with Crippen molar-refractivity contribution in [2.45, 2.75) is 6.42 Å². The zero-order valence-corrected chi connectivity index (χ0v) is 16.3. The quantitative estimate of drug-likeness (QED) is 0.566. The van der Waals surface area contributed by atoms with Gasteiger partial charge in [0.2, 0.25) is 5.78 Å². The molecule has 1 N–H and O–H groups in total. The van der Waals surface area contributed by atoms with E-state index in [1.165, 1.54) is 10.9 Å². The molecule has 0 atom stereocenters. The fourth-order valence-electron chi connectivity index (χ4n) is 3.42. The Balaban J connectivity index is 1.41. The summed E-state index contributed by atoms with van der Waals surface area (Å²) in [5.74, 6) is 0.198. The Morgan fingerprint density at radius 3 is 2.60 bits per heavy atom. The molecule has 9 heteroatoms. The molecule has 150 valence electrons. The maximum absolute atomic E-state index is 12.9. The molecule has 3 aromatic heterocycles. The Morgan fingerprint density at radius 2 is 1.87 bits per heavy atom. The summed E-state index contributed by atoms with van der Waals surface area (Å²) in [4.78, 5) is 36.2. The third kappa shape index (κ3) is 3.10. The monoisotopic (exact) mass is 401 g/mol. The van der Waals surface area contributed by atoms with Crippen molar-refractivity contribution in [2.24, 2.45) is 7.05 Å². The van der Waals surface area contributed by atoms with E-state index in [0.717, 1.165) is 17.7 Å². The number of nitrogens with zero attached hydrogens (tertiary/aromatic N) is 6. The van der Waals surface area contributed by atoms with E-state index < -0.39 is 5.91 Å². The first-order chi connectivity index (χ1) is 14.6. The molecule has 30 heavy (non-hydrogen) atoms. The molecule has 0 radical (unpaired) electrons. The van der Waals surface area contributed by atoms with E-state index in [0.29, 0.717) is 30.2 Å². The van der Waals surface area contributed by atoms with E-state index in [-0.39, 0.29) is 11.6 Å². The minimum absolute atomic E-state index is 0.177. The Kier molecular flexibility index (Phi) is 4.27. The van der Waals surface area contributed by atoms with Crippen LogP contribution in [0.1, 0.15) is 27.3 Å². The van der Waals surface area contributed by atoms with Gasteiger partial charge in [0.15, 0.2) is 0 Å². The number of anilines is 1. The Labute approximate surface area is 172 Å². The van der Waals surface area contributed by atoms with Gasteiger partial charge in [0, 0.05) is 38.1 Å². The van der Waals surface area contributed by atoms with Crippen LogP contribution in [0.25, 0.3) is 17.0 Å². The van der Waals surface area contributed by atoms with Crippen LogP contribution in [0.2, 0.25) is 0 Å². The number of fused-ring (bicyclic) bond motifs is 1. The van der Waals surface area contributed by atoms with Crippen LogP contribution in [0.3, 0.4) is 0 Å². The van der Waals surface area contributed by atoms with Gasteiger partial charge >= 0.3 is 0 Å². The van der Waals surface area contributed by atoms with Gasteiger partial charge in [0.1, 0.15) is 11.5 Å². The maximum atomic E-state index is 12.9. The predicted molar refractivity (Wildman–Crippen MR) is 110 cm³/mol. The molecule has 5 rings (SSSR count). The first kappa shape index (κ1) is 18.0. The van der Waals surface area contributed by atoms with Gasteiger partial charge in [-0.3, -0.25) is 18.7 Å². The van der Waals surface area contributed by atoms with Crippen LogP contribution >= 0.6 is 0 Å². The topological polar surface area (TPSA) is 97.4 Å². The molecule has 4 heterocycles. The van der Waals surface area contributed by atoms with Crippen molar-refractivity contribution in [3.63, 3.8) is 0 Å². The highest BCUT2D eigenvalue weighted by molar-refractivity contribution is 6.10. The number of nitrogens with one attached hydrogen (secondary N) is 1. The maximum Gasteiger partial charge on any atom is 0.275 e. The number of hydrogen-bond acceptors (Lipinski definition) is 5. The lowest BCUT2D eigenvalue weighted by molar-refractivity contribution is 0.0648. The number of carbonyl (C=O) groups is 2. The molecular formula is C21H19N7O2. The standard InChI is InChI=1S/C21H19N7O2/c1-26-18(15(12-22-26)20(30)27-9-5-10-27)19(29)24-17-8-11-28-13-16(23-21(28)25-17)14-6-3-2-4-7-14/h2-4,6-8,11-13H,5,9-10H2,1H3,(H,23,24,25,29). The number of carbonyl (C=O) groups excluding carboxylic acids is 2. The van der Waals surface area contributed by atoms with Crippen molar-refractivity contribution in [1.82, 2.24) is 29.0 Å². The Morgan fingerprint density at radius 1 is 1.07 bits per heavy atom. The molecule has 0 bridgehead atoms. The number of aryl methyl sites for hydroxylation is 1. The summed E-state index contributed by atoms with van der Waals surface area (Å²) in [7, 11) is 1.64. The van der Waals surface area contributed by atoms with Gasteiger partial charge < -0.3 is 10.2 Å². The molecular weight excluding hydrogens is 382 g/mol. The summed E-state index contributed by atoms with van der Waals surface area (Å²) < 4.78 is 3.20. The van der Waals surface area contributed by atoms with Gasteiger partial charge in [-0.2, -0.15) is 10.1 Å². The normalized spacial score (nSPS) is 13.3. The van der Waals surface area contributed by atoms with Gasteiger partial charge in [0.05, 0.1) is 17.5 Å². The van der Waals surface area contributed by atoms with Crippen molar-refractivity contribution in [2.75, 3.05) is 18.4 Å². The van der Waals surface area contributed by atoms with Gasteiger partial charge in [-0.15, -0.1) is 0 Å². The number of imidazole rings is 1. The average molecular weight is 401 g/mol. The lowest BCUT2D eigenvalue weighted by Gasteiger charge is -2.30. The van der Waals surface area contributed by atoms with Crippen LogP contribution in [-0.4, -0.2) is 54.0 Å². The second kappa shape index (κ2) is 7.11. The number of amides is 2. The molecule has 1 fully saturated rings. The summed E-state index contributed by atoms with van der Waals surface area (Å²) >= 11 is 0. The highest BCUT2D eigenvalue weighted by Gasteiger charge is 2.28. The number of rotatable bonds is 4. The number of benzene rings is 1. The fourth-order valence-corrected chi connectivity index (χ4v) is 3.42. The molecule has 9 nitrogen and oxygen atoms in total. The average Bonchev–Trinajstić information content (AvgIpc) is 3.30. The van der Waals surface area contributed by atoms with Crippen LogP contribution in [-0.2, 0) is 7.05 Å². The van der Waals surface area contributed by atoms with Crippen LogP contribution in [0.15, 0.2) is 55.0 Å². The van der Waals surface area contributed by atoms with E-state index in [9.17, 15) is 9.59 Å². The minimum atomic E-state index is -0.439. The van der Waals surface area contributed by atoms with E-state index >= 15 is 0 Å². The molecule has 0 spiro atoms. The zero-order valence-electron chi connectivity index (χ0n) is 16.3. The van der Waals surface area contributed by atoms with Crippen LogP contribution in [0.4, 0.5) is 5.82 Å². The van der Waals surface area contributed by atoms with E-state index in [1.54, 1.807) is 28.6 Å².